The van der Waals surface area contributed by atoms with Gasteiger partial charge in [-0.05, 0) is 38.1 Å². The molecule has 0 radical (unpaired) electrons. The van der Waals surface area contributed by atoms with Crippen molar-refractivity contribution in [1.29, 1.82) is 0 Å². The third kappa shape index (κ3) is 4.25. The molecule has 0 saturated carbocycles. The largest absolute Gasteiger partial charge is 0.354 e. The molecule has 0 atom stereocenters. The Kier molecular flexibility index (Phi) is 5.70. The fourth-order valence-corrected chi connectivity index (χ4v) is 3.12. The summed E-state index contributed by atoms with van der Waals surface area (Å²) >= 11 is 1.71. The maximum Gasteiger partial charge on any atom is 0.129 e. The average molecular weight is 304 g/mol. The lowest BCUT2D eigenvalue weighted by Gasteiger charge is -2.19. The van der Waals surface area contributed by atoms with E-state index in [1.165, 1.54) is 16.1 Å². The Morgan fingerprint density at radius 3 is 2.76 bits per heavy atom. The second-order valence-corrected chi connectivity index (χ2v) is 6.26. The van der Waals surface area contributed by atoms with Crippen molar-refractivity contribution < 1.29 is 0 Å². The Labute approximate surface area is 131 Å². The van der Waals surface area contributed by atoms with Crippen LogP contribution >= 0.6 is 11.3 Å². The van der Waals surface area contributed by atoms with Crippen molar-refractivity contribution in [2.24, 2.45) is 0 Å². The van der Waals surface area contributed by atoms with E-state index in [1.54, 1.807) is 11.3 Å². The molecule has 0 unspecified atom stereocenters. The Hall–Kier alpha value is -1.46. The molecule has 5 heteroatoms. The van der Waals surface area contributed by atoms with Crippen molar-refractivity contribution in [3.63, 3.8) is 0 Å². The minimum Gasteiger partial charge on any atom is -0.354 e. The highest BCUT2D eigenvalue weighted by atomic mass is 32.1. The molecule has 0 saturated heterocycles. The predicted octanol–water partition coefficient (Wildman–Crippen LogP) is 3.15. The third-order valence-corrected chi connectivity index (χ3v) is 4.35. The van der Waals surface area contributed by atoms with E-state index in [0.717, 1.165) is 37.4 Å². The number of aromatic nitrogens is 2. The van der Waals surface area contributed by atoms with Gasteiger partial charge in [-0.3, -0.25) is 0 Å². The first-order valence-electron chi connectivity index (χ1n) is 7.38. The van der Waals surface area contributed by atoms with Gasteiger partial charge in [-0.15, -0.1) is 11.3 Å². The van der Waals surface area contributed by atoms with Gasteiger partial charge in [0, 0.05) is 24.2 Å². The average Bonchev–Trinajstić information content (AvgIpc) is 2.85. The van der Waals surface area contributed by atoms with Crippen molar-refractivity contribution in [2.45, 2.75) is 39.8 Å². The molecule has 2 aromatic rings. The van der Waals surface area contributed by atoms with Crippen molar-refractivity contribution in [3.05, 3.63) is 39.5 Å². The number of hydrogen-bond donors (Lipinski definition) is 1. The Bertz CT molecular complexity index is 555. The van der Waals surface area contributed by atoms with Gasteiger partial charge in [0.25, 0.3) is 0 Å². The van der Waals surface area contributed by atoms with Crippen LogP contribution in [-0.2, 0) is 19.5 Å². The van der Waals surface area contributed by atoms with E-state index in [2.05, 4.69) is 48.2 Å². The van der Waals surface area contributed by atoms with Gasteiger partial charge >= 0.3 is 0 Å². The summed E-state index contributed by atoms with van der Waals surface area (Å²) in [6.45, 7) is 5.99. The molecule has 0 spiro atoms. The Morgan fingerprint density at radius 1 is 1.33 bits per heavy atom. The van der Waals surface area contributed by atoms with Crippen LogP contribution in [0.4, 0.5) is 5.82 Å². The summed E-state index contributed by atoms with van der Waals surface area (Å²) < 4.78 is 0. The van der Waals surface area contributed by atoms with Crippen molar-refractivity contribution in [2.75, 3.05) is 19.0 Å². The minimum atomic E-state index is 0.859. The van der Waals surface area contributed by atoms with Gasteiger partial charge in [-0.1, -0.05) is 13.3 Å². The van der Waals surface area contributed by atoms with Crippen LogP contribution in [0.1, 0.15) is 35.2 Å². The van der Waals surface area contributed by atoms with E-state index in [1.807, 2.05) is 12.6 Å². The molecule has 0 fully saturated rings. The molecule has 21 heavy (non-hydrogen) atoms. The highest BCUT2D eigenvalue weighted by Crippen LogP contribution is 2.20. The zero-order chi connectivity index (χ0) is 15.2. The maximum atomic E-state index is 4.80. The smallest absolute Gasteiger partial charge is 0.129 e. The van der Waals surface area contributed by atoms with E-state index in [9.17, 15) is 0 Å². The van der Waals surface area contributed by atoms with E-state index in [0.29, 0.717) is 0 Å². The van der Waals surface area contributed by atoms with E-state index < -0.39 is 0 Å². The zero-order valence-corrected chi connectivity index (χ0v) is 14.1. The van der Waals surface area contributed by atoms with Crippen LogP contribution in [0.2, 0.25) is 0 Å². The van der Waals surface area contributed by atoms with Gasteiger partial charge in [0.1, 0.15) is 5.82 Å². The number of rotatable bonds is 7. The molecule has 1 N–H and O–H groups in total. The van der Waals surface area contributed by atoms with Gasteiger partial charge in [-0.25, -0.2) is 9.97 Å². The molecule has 2 aromatic heterocycles. The summed E-state index contributed by atoms with van der Waals surface area (Å²) in [5.41, 5.74) is 5.49. The molecule has 0 amide bonds. The summed E-state index contributed by atoms with van der Waals surface area (Å²) in [5.74, 6) is 1.04. The quantitative estimate of drug-likeness (QED) is 0.853. The maximum absolute atomic E-state index is 4.80. The van der Waals surface area contributed by atoms with Gasteiger partial charge in [0.15, 0.2) is 0 Å². The second-order valence-electron chi connectivity index (χ2n) is 5.32. The van der Waals surface area contributed by atoms with Crippen molar-refractivity contribution in [3.8, 4) is 0 Å². The normalized spacial score (nSPS) is 10.9. The first kappa shape index (κ1) is 15.9. The number of nitrogens with zero attached hydrogens (tertiary/aromatic N) is 3. The molecular formula is C16H24N4S. The topological polar surface area (TPSA) is 41.0 Å². The van der Waals surface area contributed by atoms with Crippen LogP contribution in [0.5, 0.6) is 0 Å². The van der Waals surface area contributed by atoms with Crippen LogP contribution in [0.25, 0.3) is 0 Å². The lowest BCUT2D eigenvalue weighted by Crippen LogP contribution is -2.19. The van der Waals surface area contributed by atoms with Crippen LogP contribution in [0, 0.1) is 6.92 Å². The van der Waals surface area contributed by atoms with Crippen LogP contribution in [-0.4, -0.2) is 24.1 Å². The minimum absolute atomic E-state index is 0.859. The highest BCUT2D eigenvalue weighted by Gasteiger charge is 2.10. The summed E-state index contributed by atoms with van der Waals surface area (Å²) in [4.78, 5) is 12.6. The number of hydrogen-bond acceptors (Lipinski definition) is 5. The third-order valence-electron chi connectivity index (χ3n) is 3.43. The molecule has 4 nitrogen and oxygen atoms in total. The Balaban J connectivity index is 2.22. The first-order chi connectivity index (χ1) is 10.1. The predicted molar refractivity (Wildman–Crippen MR) is 90.0 cm³/mol. The van der Waals surface area contributed by atoms with E-state index in [4.69, 9.17) is 4.98 Å². The molecule has 2 rings (SSSR count). The van der Waals surface area contributed by atoms with Crippen LogP contribution in [0.15, 0.2) is 17.6 Å². The monoisotopic (exact) mass is 304 g/mol. The second kappa shape index (κ2) is 7.52. The fraction of sp³-hybridized carbons (Fsp3) is 0.500. The SMILES string of the molecule is CCCc1cc(CNC)cc(N(C)Cc2scnc2C)n1. The number of pyridine rings is 1. The lowest BCUT2D eigenvalue weighted by molar-refractivity contribution is 0.797. The van der Waals surface area contributed by atoms with Gasteiger partial charge in [0.2, 0.25) is 0 Å². The molecule has 0 bridgehead atoms. The molecule has 114 valence electrons. The molecule has 0 aliphatic carbocycles. The standard InChI is InChI=1S/C16H24N4S/c1-5-6-14-7-13(9-17-3)8-16(19-14)20(4)10-15-12(2)18-11-21-15/h7-8,11,17H,5-6,9-10H2,1-4H3. The summed E-state index contributed by atoms with van der Waals surface area (Å²) in [6, 6.07) is 4.38. The zero-order valence-electron chi connectivity index (χ0n) is 13.3. The number of aryl methyl sites for hydroxylation is 2. The highest BCUT2D eigenvalue weighted by molar-refractivity contribution is 7.09. The number of nitrogens with one attached hydrogen (secondary N) is 1. The van der Waals surface area contributed by atoms with Crippen LogP contribution in [0.3, 0.4) is 0 Å². The number of anilines is 1. The van der Waals surface area contributed by atoms with Gasteiger partial charge in [-0.2, -0.15) is 0 Å². The summed E-state index contributed by atoms with van der Waals surface area (Å²) in [6.07, 6.45) is 2.14. The lowest BCUT2D eigenvalue weighted by atomic mass is 10.1. The molecule has 0 aliphatic heterocycles. The van der Waals surface area contributed by atoms with Crippen molar-refractivity contribution >= 4 is 17.2 Å². The fourth-order valence-electron chi connectivity index (χ4n) is 2.29. The molecule has 0 aromatic carbocycles. The van der Waals surface area contributed by atoms with Gasteiger partial charge in [0.05, 0.1) is 17.7 Å². The van der Waals surface area contributed by atoms with Crippen LogP contribution < -0.4 is 10.2 Å². The molecule has 2 heterocycles. The van der Waals surface area contributed by atoms with Crippen molar-refractivity contribution in [1.82, 2.24) is 15.3 Å². The number of thiazole rings is 1. The first-order valence-corrected chi connectivity index (χ1v) is 8.26. The summed E-state index contributed by atoms with van der Waals surface area (Å²) in [7, 11) is 4.07. The molecule has 0 aliphatic rings. The Morgan fingerprint density at radius 2 is 2.14 bits per heavy atom. The molecular weight excluding hydrogens is 280 g/mol. The van der Waals surface area contributed by atoms with E-state index >= 15 is 0 Å². The van der Waals surface area contributed by atoms with Gasteiger partial charge < -0.3 is 10.2 Å². The van der Waals surface area contributed by atoms with E-state index in [-0.39, 0.29) is 0 Å². The summed E-state index contributed by atoms with van der Waals surface area (Å²) in [5, 5.41) is 3.22.